The van der Waals surface area contributed by atoms with Crippen molar-refractivity contribution in [2.24, 2.45) is 5.84 Å². The van der Waals surface area contributed by atoms with Crippen LogP contribution >= 0.6 is 0 Å². The molecule has 0 aliphatic heterocycles. The topological polar surface area (TPSA) is 56.5 Å². The van der Waals surface area contributed by atoms with E-state index in [1.54, 1.807) is 12.1 Å². The Morgan fingerprint density at radius 2 is 1.95 bits per heavy atom. The number of hydrogen-bond acceptors (Lipinski definition) is 4. The van der Waals surface area contributed by atoms with Gasteiger partial charge in [-0.2, -0.15) is 0 Å². The molecule has 0 amide bonds. The minimum atomic E-state index is -0.403. The van der Waals surface area contributed by atoms with E-state index in [-0.39, 0.29) is 11.8 Å². The first-order valence-electron chi connectivity index (χ1n) is 6.72. The van der Waals surface area contributed by atoms with Crippen molar-refractivity contribution in [3.63, 3.8) is 0 Å². The van der Waals surface area contributed by atoms with Crippen LogP contribution in [0.5, 0.6) is 11.5 Å². The van der Waals surface area contributed by atoms with Gasteiger partial charge in [0.15, 0.2) is 11.6 Å². The van der Waals surface area contributed by atoms with E-state index in [0.717, 1.165) is 16.9 Å². The van der Waals surface area contributed by atoms with Gasteiger partial charge < -0.3 is 9.47 Å². The van der Waals surface area contributed by atoms with Crippen LogP contribution < -0.4 is 20.7 Å². The van der Waals surface area contributed by atoms with E-state index >= 15 is 0 Å². The van der Waals surface area contributed by atoms with Gasteiger partial charge in [0.25, 0.3) is 0 Å². The molecule has 0 saturated carbocycles. The Morgan fingerprint density at radius 3 is 2.62 bits per heavy atom. The van der Waals surface area contributed by atoms with Gasteiger partial charge in [0.05, 0.1) is 19.8 Å². The molecule has 0 saturated heterocycles. The van der Waals surface area contributed by atoms with Crippen molar-refractivity contribution in [2.45, 2.75) is 13.0 Å². The molecular formula is C16H19FN2O2. The molecule has 0 aliphatic rings. The standard InChI is InChI=1S/C16H19FN2O2/c1-3-21-13-6-4-5-11(9-13)16(19-18)12-7-8-14(17)15(10-12)20-2/h4-10,16,19H,3,18H2,1-2H3. The second-order valence-corrected chi connectivity index (χ2v) is 4.50. The highest BCUT2D eigenvalue weighted by atomic mass is 19.1. The van der Waals surface area contributed by atoms with Gasteiger partial charge in [0.1, 0.15) is 5.75 Å². The molecule has 0 heterocycles. The van der Waals surface area contributed by atoms with Gasteiger partial charge in [0, 0.05) is 0 Å². The predicted octanol–water partition coefficient (Wildman–Crippen LogP) is 2.79. The Hall–Kier alpha value is -2.11. The highest BCUT2D eigenvalue weighted by Gasteiger charge is 2.15. The Labute approximate surface area is 123 Å². The average Bonchev–Trinajstić information content (AvgIpc) is 2.50. The number of methoxy groups -OCH3 is 1. The molecule has 0 aromatic heterocycles. The summed E-state index contributed by atoms with van der Waals surface area (Å²) < 4.78 is 24.0. The zero-order valence-corrected chi connectivity index (χ0v) is 12.1. The number of benzene rings is 2. The number of nitrogens with two attached hydrogens (primary N) is 1. The van der Waals surface area contributed by atoms with Crippen LogP contribution in [0.25, 0.3) is 0 Å². The van der Waals surface area contributed by atoms with Gasteiger partial charge in [-0.05, 0) is 42.3 Å². The third kappa shape index (κ3) is 3.51. The van der Waals surface area contributed by atoms with Gasteiger partial charge in [-0.3, -0.25) is 5.84 Å². The SMILES string of the molecule is CCOc1cccc(C(NN)c2ccc(F)c(OC)c2)c1. The van der Waals surface area contributed by atoms with Gasteiger partial charge >= 0.3 is 0 Å². The van der Waals surface area contributed by atoms with Crippen LogP contribution in [0.4, 0.5) is 4.39 Å². The average molecular weight is 290 g/mol. The Kier molecular flexibility index (Phi) is 5.14. The van der Waals surface area contributed by atoms with Crippen LogP contribution in [0.3, 0.4) is 0 Å². The van der Waals surface area contributed by atoms with Crippen molar-refractivity contribution in [2.75, 3.05) is 13.7 Å². The second kappa shape index (κ2) is 7.06. The molecule has 0 spiro atoms. The first-order valence-corrected chi connectivity index (χ1v) is 6.72. The van der Waals surface area contributed by atoms with Crippen molar-refractivity contribution < 1.29 is 13.9 Å². The van der Waals surface area contributed by atoms with Gasteiger partial charge in [-0.15, -0.1) is 0 Å². The highest BCUT2D eigenvalue weighted by molar-refractivity contribution is 5.40. The normalized spacial score (nSPS) is 12.0. The molecule has 2 aromatic rings. The van der Waals surface area contributed by atoms with Crippen LogP contribution in [0.2, 0.25) is 0 Å². The maximum Gasteiger partial charge on any atom is 0.165 e. The zero-order valence-electron chi connectivity index (χ0n) is 12.1. The van der Waals surface area contributed by atoms with Crippen LogP contribution in [-0.4, -0.2) is 13.7 Å². The quantitative estimate of drug-likeness (QED) is 0.634. The maximum absolute atomic E-state index is 13.5. The van der Waals surface area contributed by atoms with E-state index in [2.05, 4.69) is 5.43 Å². The van der Waals surface area contributed by atoms with E-state index in [9.17, 15) is 4.39 Å². The fraction of sp³-hybridized carbons (Fsp3) is 0.250. The van der Waals surface area contributed by atoms with E-state index < -0.39 is 5.82 Å². The van der Waals surface area contributed by atoms with Crippen molar-refractivity contribution in [1.29, 1.82) is 0 Å². The lowest BCUT2D eigenvalue weighted by atomic mass is 9.99. The third-order valence-corrected chi connectivity index (χ3v) is 3.18. The summed E-state index contributed by atoms with van der Waals surface area (Å²) in [4.78, 5) is 0. The summed E-state index contributed by atoms with van der Waals surface area (Å²) in [7, 11) is 1.43. The fourth-order valence-electron chi connectivity index (χ4n) is 2.19. The summed E-state index contributed by atoms with van der Waals surface area (Å²) in [6, 6.07) is 12.0. The fourth-order valence-corrected chi connectivity index (χ4v) is 2.19. The minimum absolute atomic E-state index is 0.189. The van der Waals surface area contributed by atoms with Crippen LogP contribution in [0.15, 0.2) is 42.5 Å². The molecule has 3 N–H and O–H groups in total. The minimum Gasteiger partial charge on any atom is -0.494 e. The summed E-state index contributed by atoms with van der Waals surface area (Å²) in [6.45, 7) is 2.52. The first kappa shape index (κ1) is 15.3. The van der Waals surface area contributed by atoms with Gasteiger partial charge in [0.2, 0.25) is 0 Å². The van der Waals surface area contributed by atoms with E-state index in [1.165, 1.54) is 13.2 Å². The van der Waals surface area contributed by atoms with Crippen LogP contribution in [-0.2, 0) is 0 Å². The molecule has 0 bridgehead atoms. The van der Waals surface area contributed by atoms with Crippen molar-refractivity contribution in [3.8, 4) is 11.5 Å². The van der Waals surface area contributed by atoms with Gasteiger partial charge in [-0.25, -0.2) is 9.82 Å². The monoisotopic (exact) mass is 290 g/mol. The molecule has 21 heavy (non-hydrogen) atoms. The summed E-state index contributed by atoms with van der Waals surface area (Å²) in [5.74, 6) is 6.22. The summed E-state index contributed by atoms with van der Waals surface area (Å²) in [5, 5.41) is 0. The number of nitrogens with one attached hydrogen (secondary N) is 1. The number of ether oxygens (including phenoxy) is 2. The number of rotatable bonds is 6. The molecule has 1 unspecified atom stereocenters. The van der Waals surface area contributed by atoms with Crippen molar-refractivity contribution in [1.82, 2.24) is 5.43 Å². The molecule has 2 aromatic carbocycles. The second-order valence-electron chi connectivity index (χ2n) is 4.50. The molecule has 0 radical (unpaired) electrons. The van der Waals surface area contributed by atoms with E-state index in [0.29, 0.717) is 6.61 Å². The van der Waals surface area contributed by atoms with E-state index in [1.807, 2.05) is 31.2 Å². The summed E-state index contributed by atoms with van der Waals surface area (Å²) in [5.41, 5.74) is 4.48. The molecule has 112 valence electrons. The number of hydrogen-bond donors (Lipinski definition) is 2. The Balaban J connectivity index is 2.37. The number of hydrazine groups is 1. The maximum atomic E-state index is 13.5. The molecule has 1 atom stereocenters. The highest BCUT2D eigenvalue weighted by Crippen LogP contribution is 2.28. The predicted molar refractivity (Wildman–Crippen MR) is 79.7 cm³/mol. The lowest BCUT2D eigenvalue weighted by Gasteiger charge is -2.18. The Morgan fingerprint density at radius 1 is 1.19 bits per heavy atom. The molecule has 5 heteroatoms. The molecule has 0 aliphatic carbocycles. The van der Waals surface area contributed by atoms with E-state index in [4.69, 9.17) is 15.3 Å². The lowest BCUT2D eigenvalue weighted by Crippen LogP contribution is -2.28. The third-order valence-electron chi connectivity index (χ3n) is 3.18. The van der Waals surface area contributed by atoms with Crippen molar-refractivity contribution >= 4 is 0 Å². The Bertz CT molecular complexity index is 605. The molecule has 0 fully saturated rings. The summed E-state index contributed by atoms with van der Waals surface area (Å²) >= 11 is 0. The van der Waals surface area contributed by atoms with Gasteiger partial charge in [-0.1, -0.05) is 18.2 Å². The van der Waals surface area contributed by atoms with Crippen LogP contribution in [0, 0.1) is 5.82 Å². The summed E-state index contributed by atoms with van der Waals surface area (Å²) in [6.07, 6.45) is 0. The molecule has 2 rings (SSSR count). The largest absolute Gasteiger partial charge is 0.494 e. The first-order chi connectivity index (χ1) is 10.2. The van der Waals surface area contributed by atoms with Crippen LogP contribution in [0.1, 0.15) is 24.1 Å². The zero-order chi connectivity index (χ0) is 15.2. The molecular weight excluding hydrogens is 271 g/mol. The van der Waals surface area contributed by atoms with Crippen molar-refractivity contribution in [3.05, 3.63) is 59.4 Å². The lowest BCUT2D eigenvalue weighted by molar-refractivity contribution is 0.339. The number of halogens is 1. The molecule has 4 nitrogen and oxygen atoms in total. The smallest absolute Gasteiger partial charge is 0.165 e.